The molecule has 0 spiro atoms. The van der Waals surface area contributed by atoms with Gasteiger partial charge in [-0.05, 0) is 43.7 Å². The van der Waals surface area contributed by atoms with E-state index in [1.807, 2.05) is 27.8 Å². The van der Waals surface area contributed by atoms with Crippen LogP contribution in [0.2, 0.25) is 0 Å². The molecule has 1 atom stereocenters. The van der Waals surface area contributed by atoms with Gasteiger partial charge in [0.2, 0.25) is 0 Å². The summed E-state index contributed by atoms with van der Waals surface area (Å²) in [7, 11) is 0. The fraction of sp³-hybridized carbons (Fsp3) is 0.474. The summed E-state index contributed by atoms with van der Waals surface area (Å²) in [4.78, 5) is 15.0. The number of amides is 1. The zero-order valence-corrected chi connectivity index (χ0v) is 13.6. The number of aromatic nitrogens is 2. The van der Waals surface area contributed by atoms with Gasteiger partial charge in [0.25, 0.3) is 5.91 Å². The number of nitrogens with zero attached hydrogens (tertiary/aromatic N) is 3. The summed E-state index contributed by atoms with van der Waals surface area (Å²) in [5.41, 5.74) is 2.96. The molecule has 0 radical (unpaired) electrons. The lowest BCUT2D eigenvalue weighted by Crippen LogP contribution is -2.39. The Bertz CT molecular complexity index is 703. The van der Waals surface area contributed by atoms with Crippen molar-refractivity contribution in [3.63, 3.8) is 0 Å². The highest BCUT2D eigenvalue weighted by Crippen LogP contribution is 2.42. The number of benzene rings is 1. The van der Waals surface area contributed by atoms with Crippen molar-refractivity contribution in [3.05, 3.63) is 47.8 Å². The Morgan fingerprint density at radius 3 is 2.65 bits per heavy atom. The smallest absolute Gasteiger partial charge is 0.257 e. The van der Waals surface area contributed by atoms with Crippen molar-refractivity contribution >= 4 is 5.91 Å². The molecule has 2 aromatic rings. The molecule has 1 aromatic heterocycles. The predicted molar refractivity (Wildman–Crippen MR) is 89.8 cm³/mol. The van der Waals surface area contributed by atoms with Crippen molar-refractivity contribution in [2.75, 3.05) is 13.1 Å². The number of carbonyl (C=O) groups is 1. The Labute approximate surface area is 137 Å². The average Bonchev–Trinajstić information content (AvgIpc) is 3.33. The van der Waals surface area contributed by atoms with Gasteiger partial charge in [-0.25, -0.2) is 4.68 Å². The fourth-order valence-electron chi connectivity index (χ4n) is 3.59. The van der Waals surface area contributed by atoms with E-state index in [-0.39, 0.29) is 5.91 Å². The SMILES string of the molecule is C[C@@H]1CCCN(C(=O)c2cnn(-c3ccccc3)c2C2CC2)C1. The largest absolute Gasteiger partial charge is 0.338 e. The Morgan fingerprint density at radius 1 is 1.17 bits per heavy atom. The minimum Gasteiger partial charge on any atom is -0.338 e. The quantitative estimate of drug-likeness (QED) is 0.868. The van der Waals surface area contributed by atoms with Crippen LogP contribution in [-0.2, 0) is 0 Å². The topological polar surface area (TPSA) is 38.1 Å². The first-order valence-electron chi connectivity index (χ1n) is 8.66. The number of hydrogen-bond acceptors (Lipinski definition) is 2. The van der Waals surface area contributed by atoms with Gasteiger partial charge in [-0.15, -0.1) is 0 Å². The van der Waals surface area contributed by atoms with E-state index in [4.69, 9.17) is 0 Å². The third-order valence-electron chi connectivity index (χ3n) is 4.95. The number of para-hydroxylation sites is 1. The molecule has 4 nitrogen and oxygen atoms in total. The zero-order valence-electron chi connectivity index (χ0n) is 13.6. The molecular weight excluding hydrogens is 286 g/mol. The second-order valence-corrected chi connectivity index (χ2v) is 6.96. The van der Waals surface area contributed by atoms with Crippen LogP contribution >= 0.6 is 0 Å². The number of piperidine rings is 1. The van der Waals surface area contributed by atoms with Crippen LogP contribution in [0.25, 0.3) is 5.69 Å². The van der Waals surface area contributed by atoms with Gasteiger partial charge in [0.05, 0.1) is 23.1 Å². The second-order valence-electron chi connectivity index (χ2n) is 6.96. The van der Waals surface area contributed by atoms with Crippen LogP contribution < -0.4 is 0 Å². The summed E-state index contributed by atoms with van der Waals surface area (Å²) >= 11 is 0. The van der Waals surface area contributed by atoms with Crippen LogP contribution in [0.3, 0.4) is 0 Å². The first kappa shape index (κ1) is 14.5. The summed E-state index contributed by atoms with van der Waals surface area (Å²) in [6.07, 6.45) is 6.44. The normalized spacial score (nSPS) is 21.4. The lowest BCUT2D eigenvalue weighted by Gasteiger charge is -2.31. The van der Waals surface area contributed by atoms with E-state index in [9.17, 15) is 4.79 Å². The molecule has 2 aliphatic rings. The molecule has 1 aliphatic carbocycles. The summed E-state index contributed by atoms with van der Waals surface area (Å²) in [6, 6.07) is 10.1. The number of carbonyl (C=O) groups excluding carboxylic acids is 1. The van der Waals surface area contributed by atoms with E-state index >= 15 is 0 Å². The van der Waals surface area contributed by atoms with Crippen molar-refractivity contribution in [2.45, 2.75) is 38.5 Å². The predicted octanol–water partition coefficient (Wildman–Crippen LogP) is 3.62. The Morgan fingerprint density at radius 2 is 1.96 bits per heavy atom. The van der Waals surface area contributed by atoms with Crippen molar-refractivity contribution in [2.24, 2.45) is 5.92 Å². The van der Waals surface area contributed by atoms with Gasteiger partial charge in [-0.1, -0.05) is 25.1 Å². The molecule has 1 aromatic carbocycles. The lowest BCUT2D eigenvalue weighted by molar-refractivity contribution is 0.0682. The highest BCUT2D eigenvalue weighted by Gasteiger charge is 2.34. The van der Waals surface area contributed by atoms with Crippen LogP contribution in [0.4, 0.5) is 0 Å². The molecule has 2 heterocycles. The average molecular weight is 309 g/mol. The van der Waals surface area contributed by atoms with E-state index in [1.165, 1.54) is 6.42 Å². The summed E-state index contributed by atoms with van der Waals surface area (Å²) in [5, 5.41) is 4.55. The molecule has 1 saturated heterocycles. The van der Waals surface area contributed by atoms with Crippen molar-refractivity contribution in [3.8, 4) is 5.69 Å². The Kier molecular flexibility index (Phi) is 3.68. The van der Waals surface area contributed by atoms with E-state index < -0.39 is 0 Å². The molecule has 4 rings (SSSR count). The molecule has 1 saturated carbocycles. The van der Waals surface area contributed by atoms with Crippen molar-refractivity contribution in [1.29, 1.82) is 0 Å². The van der Waals surface area contributed by atoms with Gasteiger partial charge in [0, 0.05) is 19.0 Å². The van der Waals surface area contributed by atoms with Gasteiger partial charge in [-0.3, -0.25) is 4.79 Å². The van der Waals surface area contributed by atoms with Crippen LogP contribution in [0.1, 0.15) is 54.6 Å². The molecule has 0 N–H and O–H groups in total. The third-order valence-corrected chi connectivity index (χ3v) is 4.95. The van der Waals surface area contributed by atoms with Gasteiger partial charge in [0.1, 0.15) is 0 Å². The van der Waals surface area contributed by atoms with Crippen LogP contribution in [-0.4, -0.2) is 33.7 Å². The summed E-state index contributed by atoms with van der Waals surface area (Å²) in [5.74, 6) is 1.25. The van der Waals surface area contributed by atoms with Gasteiger partial charge >= 0.3 is 0 Å². The van der Waals surface area contributed by atoms with Gasteiger partial charge < -0.3 is 4.90 Å². The first-order valence-corrected chi connectivity index (χ1v) is 8.66. The molecule has 120 valence electrons. The van der Waals surface area contributed by atoms with E-state index in [1.54, 1.807) is 6.20 Å². The van der Waals surface area contributed by atoms with Crippen molar-refractivity contribution in [1.82, 2.24) is 14.7 Å². The highest BCUT2D eigenvalue weighted by molar-refractivity contribution is 5.95. The number of hydrogen-bond donors (Lipinski definition) is 0. The Hall–Kier alpha value is -2.10. The molecule has 1 amide bonds. The molecule has 23 heavy (non-hydrogen) atoms. The number of likely N-dealkylation sites (tertiary alicyclic amines) is 1. The molecule has 1 aliphatic heterocycles. The Balaban J connectivity index is 1.69. The minimum atomic E-state index is 0.167. The van der Waals surface area contributed by atoms with E-state index in [0.717, 1.165) is 49.3 Å². The lowest BCUT2D eigenvalue weighted by atomic mass is 9.99. The van der Waals surface area contributed by atoms with Crippen LogP contribution in [0, 0.1) is 5.92 Å². The fourth-order valence-corrected chi connectivity index (χ4v) is 3.59. The van der Waals surface area contributed by atoms with Gasteiger partial charge in [-0.2, -0.15) is 5.10 Å². The highest BCUT2D eigenvalue weighted by atomic mass is 16.2. The minimum absolute atomic E-state index is 0.167. The molecule has 2 fully saturated rings. The van der Waals surface area contributed by atoms with Crippen LogP contribution in [0.5, 0.6) is 0 Å². The summed E-state index contributed by atoms with van der Waals surface area (Å²) in [6.45, 7) is 3.98. The molecular formula is C19H23N3O. The standard InChI is InChI=1S/C19H23N3O/c1-14-6-5-11-21(13-14)19(23)17-12-20-22(18(17)15-9-10-15)16-7-3-2-4-8-16/h2-4,7-8,12,14-15H,5-6,9-11,13H2,1H3/t14-/m1/s1. The van der Waals surface area contributed by atoms with Crippen molar-refractivity contribution < 1.29 is 4.79 Å². The second kappa shape index (κ2) is 5.84. The maximum absolute atomic E-state index is 13.0. The molecule has 0 bridgehead atoms. The first-order chi connectivity index (χ1) is 11.2. The van der Waals surface area contributed by atoms with E-state index in [0.29, 0.717) is 11.8 Å². The maximum Gasteiger partial charge on any atom is 0.257 e. The maximum atomic E-state index is 13.0. The number of rotatable bonds is 3. The van der Waals surface area contributed by atoms with Gasteiger partial charge in [0.15, 0.2) is 0 Å². The zero-order chi connectivity index (χ0) is 15.8. The monoisotopic (exact) mass is 309 g/mol. The summed E-state index contributed by atoms with van der Waals surface area (Å²) < 4.78 is 1.97. The third kappa shape index (κ3) is 2.78. The molecule has 0 unspecified atom stereocenters. The van der Waals surface area contributed by atoms with Crippen LogP contribution in [0.15, 0.2) is 36.5 Å². The van der Waals surface area contributed by atoms with E-state index in [2.05, 4.69) is 24.2 Å². The molecule has 4 heteroatoms.